The molecule has 3 N–H and O–H groups in total. The number of hydrogen-bond acceptors (Lipinski definition) is 3. The van der Waals surface area contributed by atoms with Gasteiger partial charge in [-0.05, 0) is 42.2 Å². The third-order valence-corrected chi connectivity index (χ3v) is 4.10. The van der Waals surface area contributed by atoms with Crippen LogP contribution in [0.25, 0.3) is 0 Å². The SMILES string of the molecule is CC[C@@H](C)c1ccccc1NC(=O)c1cc(N)ccc1N(C)C. The third kappa shape index (κ3) is 3.83. The van der Waals surface area contributed by atoms with E-state index in [0.717, 1.165) is 23.4 Å². The van der Waals surface area contributed by atoms with E-state index in [1.165, 1.54) is 0 Å². The second kappa shape index (κ2) is 7.18. The maximum atomic E-state index is 12.8. The maximum Gasteiger partial charge on any atom is 0.257 e. The van der Waals surface area contributed by atoms with Crippen LogP contribution in [0.1, 0.15) is 42.1 Å². The predicted molar refractivity (Wildman–Crippen MR) is 98.3 cm³/mol. The molecule has 0 aliphatic heterocycles. The van der Waals surface area contributed by atoms with Crippen molar-refractivity contribution in [3.63, 3.8) is 0 Å². The topological polar surface area (TPSA) is 58.4 Å². The Morgan fingerprint density at radius 2 is 1.91 bits per heavy atom. The quantitative estimate of drug-likeness (QED) is 0.817. The molecule has 0 heterocycles. The zero-order chi connectivity index (χ0) is 17.0. The molecule has 1 amide bonds. The normalized spacial score (nSPS) is 11.8. The molecule has 0 aromatic heterocycles. The number of para-hydroxylation sites is 1. The maximum absolute atomic E-state index is 12.8. The zero-order valence-corrected chi connectivity index (χ0v) is 14.3. The van der Waals surface area contributed by atoms with Gasteiger partial charge in [-0.15, -0.1) is 0 Å². The lowest BCUT2D eigenvalue weighted by Crippen LogP contribution is -2.19. The first kappa shape index (κ1) is 16.9. The molecule has 2 aromatic carbocycles. The van der Waals surface area contributed by atoms with E-state index in [0.29, 0.717) is 17.2 Å². The van der Waals surface area contributed by atoms with Crippen molar-refractivity contribution in [2.24, 2.45) is 0 Å². The van der Waals surface area contributed by atoms with E-state index in [1.807, 2.05) is 43.3 Å². The van der Waals surface area contributed by atoms with Crippen molar-refractivity contribution >= 4 is 23.0 Å². The number of amides is 1. The second-order valence-corrected chi connectivity index (χ2v) is 6.02. The number of nitrogens with two attached hydrogens (primary N) is 1. The van der Waals surface area contributed by atoms with Crippen molar-refractivity contribution in [2.45, 2.75) is 26.2 Å². The summed E-state index contributed by atoms with van der Waals surface area (Å²) in [6.07, 6.45) is 1.02. The van der Waals surface area contributed by atoms with Crippen LogP contribution in [-0.4, -0.2) is 20.0 Å². The molecule has 2 rings (SSSR count). The molecule has 23 heavy (non-hydrogen) atoms. The molecule has 122 valence electrons. The number of nitrogens with zero attached hydrogens (tertiary/aromatic N) is 1. The van der Waals surface area contributed by atoms with Crippen molar-refractivity contribution in [2.75, 3.05) is 30.0 Å². The van der Waals surface area contributed by atoms with Gasteiger partial charge in [0.15, 0.2) is 0 Å². The van der Waals surface area contributed by atoms with E-state index in [4.69, 9.17) is 5.73 Å². The van der Waals surface area contributed by atoms with Crippen LogP contribution in [0.15, 0.2) is 42.5 Å². The van der Waals surface area contributed by atoms with E-state index in [9.17, 15) is 4.79 Å². The molecule has 4 heteroatoms. The van der Waals surface area contributed by atoms with Crippen molar-refractivity contribution in [3.05, 3.63) is 53.6 Å². The van der Waals surface area contributed by atoms with E-state index in [1.54, 1.807) is 12.1 Å². The molecule has 0 radical (unpaired) electrons. The van der Waals surface area contributed by atoms with E-state index < -0.39 is 0 Å². The molecule has 1 atom stereocenters. The van der Waals surface area contributed by atoms with Crippen LogP contribution in [0.5, 0.6) is 0 Å². The highest BCUT2D eigenvalue weighted by molar-refractivity contribution is 6.09. The minimum absolute atomic E-state index is 0.142. The van der Waals surface area contributed by atoms with E-state index in [2.05, 4.69) is 25.2 Å². The Kier molecular flexibility index (Phi) is 5.27. The number of nitrogen functional groups attached to an aromatic ring is 1. The van der Waals surface area contributed by atoms with Crippen LogP contribution in [0.2, 0.25) is 0 Å². The number of carbonyl (C=O) groups excluding carboxylic acids is 1. The molecule has 0 spiro atoms. The Bertz CT molecular complexity index is 695. The fourth-order valence-corrected chi connectivity index (χ4v) is 2.58. The van der Waals surface area contributed by atoms with Gasteiger partial charge in [0.1, 0.15) is 0 Å². The molecule has 0 saturated heterocycles. The van der Waals surface area contributed by atoms with Crippen LogP contribution in [0.4, 0.5) is 17.1 Å². The van der Waals surface area contributed by atoms with Gasteiger partial charge in [-0.25, -0.2) is 0 Å². The minimum atomic E-state index is -0.142. The van der Waals surface area contributed by atoms with Gasteiger partial charge in [0.05, 0.1) is 5.56 Å². The first-order valence-electron chi connectivity index (χ1n) is 7.91. The summed E-state index contributed by atoms with van der Waals surface area (Å²) < 4.78 is 0. The number of anilines is 3. The molecule has 0 aliphatic rings. The van der Waals surface area contributed by atoms with Gasteiger partial charge in [0.25, 0.3) is 5.91 Å². The van der Waals surface area contributed by atoms with E-state index in [-0.39, 0.29) is 5.91 Å². The highest BCUT2D eigenvalue weighted by Crippen LogP contribution is 2.28. The lowest BCUT2D eigenvalue weighted by Gasteiger charge is -2.19. The highest BCUT2D eigenvalue weighted by atomic mass is 16.1. The first-order chi connectivity index (χ1) is 10.9. The molecular formula is C19H25N3O. The number of carbonyl (C=O) groups is 1. The van der Waals surface area contributed by atoms with Crippen molar-refractivity contribution in [1.82, 2.24) is 0 Å². The van der Waals surface area contributed by atoms with Crippen LogP contribution in [-0.2, 0) is 0 Å². The summed E-state index contributed by atoms with van der Waals surface area (Å²) in [4.78, 5) is 14.7. The average Bonchev–Trinajstić information content (AvgIpc) is 2.54. The molecule has 4 nitrogen and oxygen atoms in total. The van der Waals surface area contributed by atoms with E-state index >= 15 is 0 Å². The number of benzene rings is 2. The van der Waals surface area contributed by atoms with Gasteiger partial charge in [-0.1, -0.05) is 32.0 Å². The summed E-state index contributed by atoms with van der Waals surface area (Å²) in [5, 5.41) is 3.04. The molecular weight excluding hydrogens is 286 g/mol. The summed E-state index contributed by atoms with van der Waals surface area (Å²) in [7, 11) is 3.82. The molecule has 0 saturated carbocycles. The van der Waals surface area contributed by atoms with Gasteiger partial charge < -0.3 is 16.0 Å². The monoisotopic (exact) mass is 311 g/mol. The Morgan fingerprint density at radius 1 is 1.22 bits per heavy atom. The lowest BCUT2D eigenvalue weighted by molar-refractivity contribution is 0.102. The van der Waals surface area contributed by atoms with Gasteiger partial charge in [0.2, 0.25) is 0 Å². The van der Waals surface area contributed by atoms with Gasteiger partial charge in [-0.2, -0.15) is 0 Å². The fraction of sp³-hybridized carbons (Fsp3) is 0.316. The second-order valence-electron chi connectivity index (χ2n) is 6.02. The largest absolute Gasteiger partial charge is 0.399 e. The van der Waals surface area contributed by atoms with Gasteiger partial charge >= 0.3 is 0 Å². The molecule has 2 aromatic rings. The van der Waals surface area contributed by atoms with Crippen molar-refractivity contribution < 1.29 is 4.79 Å². The lowest BCUT2D eigenvalue weighted by atomic mass is 9.96. The summed E-state index contributed by atoms with van der Waals surface area (Å²) >= 11 is 0. The molecule has 0 fully saturated rings. The minimum Gasteiger partial charge on any atom is -0.399 e. The Balaban J connectivity index is 2.36. The van der Waals surface area contributed by atoms with Crippen molar-refractivity contribution in [1.29, 1.82) is 0 Å². The third-order valence-electron chi connectivity index (χ3n) is 4.10. The average molecular weight is 311 g/mol. The van der Waals surface area contributed by atoms with Gasteiger partial charge in [-0.3, -0.25) is 4.79 Å². The summed E-state index contributed by atoms with van der Waals surface area (Å²) in [5.74, 6) is 0.248. The number of rotatable bonds is 5. The predicted octanol–water partition coefficient (Wildman–Crippen LogP) is 4.10. The van der Waals surface area contributed by atoms with Crippen LogP contribution in [0, 0.1) is 0 Å². The Hall–Kier alpha value is -2.49. The Morgan fingerprint density at radius 3 is 2.57 bits per heavy atom. The molecule has 0 unspecified atom stereocenters. The van der Waals surface area contributed by atoms with Crippen molar-refractivity contribution in [3.8, 4) is 0 Å². The Labute approximate surface area is 138 Å². The van der Waals surface area contributed by atoms with Crippen LogP contribution >= 0.6 is 0 Å². The van der Waals surface area contributed by atoms with Crippen LogP contribution in [0.3, 0.4) is 0 Å². The summed E-state index contributed by atoms with van der Waals surface area (Å²) in [6, 6.07) is 13.3. The standard InChI is InChI=1S/C19H25N3O/c1-5-13(2)15-8-6-7-9-17(15)21-19(23)16-12-14(20)10-11-18(16)22(3)4/h6-13H,5,20H2,1-4H3,(H,21,23)/t13-/m1/s1. The zero-order valence-electron chi connectivity index (χ0n) is 14.3. The fourth-order valence-electron chi connectivity index (χ4n) is 2.58. The highest BCUT2D eigenvalue weighted by Gasteiger charge is 2.16. The molecule has 0 aliphatic carbocycles. The van der Waals surface area contributed by atoms with Crippen LogP contribution < -0.4 is 16.0 Å². The number of hydrogen-bond donors (Lipinski definition) is 2. The summed E-state index contributed by atoms with van der Waals surface area (Å²) in [6.45, 7) is 4.31. The van der Waals surface area contributed by atoms with Gasteiger partial charge in [0, 0.05) is 31.2 Å². The smallest absolute Gasteiger partial charge is 0.257 e. The number of nitrogens with one attached hydrogen (secondary N) is 1. The summed E-state index contributed by atoms with van der Waals surface area (Å²) in [5.41, 5.74) is 9.87. The first-order valence-corrected chi connectivity index (χ1v) is 7.91. The molecule has 0 bridgehead atoms.